The van der Waals surface area contributed by atoms with Gasteiger partial charge in [0, 0.05) is 24.5 Å². The monoisotopic (exact) mass is 600 g/mol. The molecule has 1 aliphatic rings. The van der Waals surface area contributed by atoms with Crippen LogP contribution in [0.3, 0.4) is 0 Å². The number of β-amino-alcohol motifs (C(OH)–C–C–N with tert-alkyl or cyclic N) is 1. The smallest absolute Gasteiger partial charge is 0.548 e. The van der Waals surface area contributed by atoms with Crippen LogP contribution in [-0.2, 0) is 9.59 Å². The summed E-state index contributed by atoms with van der Waals surface area (Å²) >= 11 is 1.36. The van der Waals surface area contributed by atoms with E-state index in [0.29, 0.717) is 5.75 Å². The number of carbonyl (C=O) groups excluding carboxylic acids is 3. The molecule has 0 spiro atoms. The van der Waals surface area contributed by atoms with Crippen LogP contribution in [-0.4, -0.2) is 64.2 Å². The molecule has 0 aromatic heterocycles. The van der Waals surface area contributed by atoms with Crippen molar-refractivity contribution in [2.45, 2.75) is 117 Å². The molecule has 220 valence electrons. The fraction of sp³-hybridized carbons (Fsp3) is 0.828. The maximum Gasteiger partial charge on any atom is 1.00 e. The Morgan fingerprint density at radius 3 is 2.05 bits per heavy atom. The van der Waals surface area contributed by atoms with Gasteiger partial charge >= 0.3 is 65.1 Å². The summed E-state index contributed by atoms with van der Waals surface area (Å²) in [6.07, 6.45) is 12.2. The molecular weight excluding hydrogens is 550 g/mol. The molecule has 0 bridgehead atoms. The Morgan fingerprint density at radius 2 is 1.52 bits per heavy atom. The van der Waals surface area contributed by atoms with Crippen molar-refractivity contribution in [1.29, 1.82) is 0 Å². The Bertz CT molecular complexity index is 771. The zero-order chi connectivity index (χ0) is 28.7. The number of thioether (sulfide) groups is 1. The summed E-state index contributed by atoms with van der Waals surface area (Å²) in [6, 6.07) is -3.40. The summed E-state index contributed by atoms with van der Waals surface area (Å²) in [6.45, 7) is 11.2. The molecule has 1 heterocycles. The standard InChI is InChI=1S/C29H52N2O6S.2Na/c1-20(2)9-6-10-21(3)11-7-12-22(4)13-8-14-23(5)15-16-38-19-25(27(33)34)30-29(37)31-18-24(32)17-26(31)28(35)36;;/h15,20-22,24-26,32H,6-14,16-19H2,1-5H3,(H,30,37)(H,33,34)(H,35,36);;/q;2*+1/p-2/b23-15+;;/t21?,22?,24-,25+,26+;;/m1../s1. The van der Waals surface area contributed by atoms with E-state index < -0.39 is 36.2 Å². The van der Waals surface area contributed by atoms with Gasteiger partial charge in [-0.1, -0.05) is 84.3 Å². The first kappa shape index (κ1) is 42.4. The van der Waals surface area contributed by atoms with Gasteiger partial charge in [-0.2, -0.15) is 11.8 Å². The zero-order valence-corrected chi connectivity index (χ0v) is 30.9. The molecule has 2 amide bonds. The number of aliphatic carboxylic acids is 2. The second-order valence-electron chi connectivity index (χ2n) is 11.6. The first-order valence-corrected chi connectivity index (χ1v) is 15.5. The molecule has 2 unspecified atom stereocenters. The van der Waals surface area contributed by atoms with Gasteiger partial charge in [-0.3, -0.25) is 0 Å². The van der Waals surface area contributed by atoms with Gasteiger partial charge in [0.05, 0.1) is 30.1 Å². The van der Waals surface area contributed by atoms with Crippen molar-refractivity contribution >= 4 is 29.7 Å². The molecular formula is C29H50N2Na2O6S. The van der Waals surface area contributed by atoms with Crippen LogP contribution in [0.2, 0.25) is 0 Å². The van der Waals surface area contributed by atoms with E-state index in [9.17, 15) is 29.7 Å². The zero-order valence-electron chi connectivity index (χ0n) is 26.1. The van der Waals surface area contributed by atoms with Crippen LogP contribution in [0, 0.1) is 17.8 Å². The molecule has 2 N–H and O–H groups in total. The van der Waals surface area contributed by atoms with Crippen LogP contribution in [0.5, 0.6) is 0 Å². The van der Waals surface area contributed by atoms with Gasteiger partial charge in [0.15, 0.2) is 0 Å². The molecule has 0 aromatic carbocycles. The van der Waals surface area contributed by atoms with Crippen molar-refractivity contribution in [3.8, 4) is 0 Å². The van der Waals surface area contributed by atoms with Crippen LogP contribution in [0.15, 0.2) is 11.6 Å². The van der Waals surface area contributed by atoms with Crippen molar-refractivity contribution in [3.63, 3.8) is 0 Å². The topological polar surface area (TPSA) is 133 Å². The molecule has 0 aliphatic carbocycles. The van der Waals surface area contributed by atoms with Crippen LogP contribution in [0.4, 0.5) is 4.79 Å². The Balaban J connectivity index is 0. The number of hydrogen-bond acceptors (Lipinski definition) is 7. The fourth-order valence-corrected chi connectivity index (χ4v) is 5.85. The normalized spacial score (nSPS) is 19.4. The van der Waals surface area contributed by atoms with Crippen LogP contribution in [0.1, 0.15) is 98.8 Å². The molecule has 0 saturated carbocycles. The number of carboxylic acids is 2. The van der Waals surface area contributed by atoms with Crippen LogP contribution in [0.25, 0.3) is 0 Å². The van der Waals surface area contributed by atoms with E-state index >= 15 is 0 Å². The second kappa shape index (κ2) is 23.7. The number of hydrogen-bond donors (Lipinski definition) is 2. The molecule has 1 rings (SSSR count). The molecule has 8 nitrogen and oxygen atoms in total. The minimum Gasteiger partial charge on any atom is -0.548 e. The Morgan fingerprint density at radius 1 is 0.975 bits per heavy atom. The van der Waals surface area contributed by atoms with Crippen molar-refractivity contribution in [3.05, 3.63) is 11.6 Å². The Labute approximate surface area is 290 Å². The quantitative estimate of drug-likeness (QED) is 0.0925. The van der Waals surface area contributed by atoms with E-state index in [1.807, 2.05) is 0 Å². The van der Waals surface area contributed by atoms with E-state index in [-0.39, 0.29) is 77.8 Å². The number of carbonyl (C=O) groups is 3. The number of urea groups is 1. The van der Waals surface area contributed by atoms with Gasteiger partial charge in [-0.15, -0.1) is 0 Å². The van der Waals surface area contributed by atoms with Gasteiger partial charge < -0.3 is 35.1 Å². The number of nitrogens with one attached hydrogen (secondary N) is 1. The van der Waals surface area contributed by atoms with Crippen molar-refractivity contribution < 1.29 is 88.8 Å². The maximum absolute atomic E-state index is 12.4. The third-order valence-corrected chi connectivity index (χ3v) is 8.34. The number of allylic oxidation sites excluding steroid dienone is 1. The number of likely N-dealkylation sites (tertiary alicyclic amines) is 1. The van der Waals surface area contributed by atoms with Crippen LogP contribution >= 0.6 is 11.8 Å². The van der Waals surface area contributed by atoms with Gasteiger partial charge in [-0.05, 0) is 37.5 Å². The maximum atomic E-state index is 12.4. The van der Waals surface area contributed by atoms with Crippen LogP contribution < -0.4 is 74.6 Å². The number of amides is 2. The first-order valence-electron chi connectivity index (χ1n) is 14.3. The Hall–Kier alpha value is 0.260. The molecule has 1 aliphatic heterocycles. The van der Waals surface area contributed by atoms with Gasteiger partial charge in [0.25, 0.3) is 0 Å². The average Bonchev–Trinajstić information content (AvgIpc) is 3.22. The summed E-state index contributed by atoms with van der Waals surface area (Å²) < 4.78 is 0. The first-order chi connectivity index (χ1) is 17.9. The summed E-state index contributed by atoms with van der Waals surface area (Å²) in [5.41, 5.74) is 1.26. The third-order valence-electron chi connectivity index (χ3n) is 7.37. The second-order valence-corrected chi connectivity index (χ2v) is 12.7. The SMILES string of the molecule is C/C(=C\CSC[C@H](NC(=O)N1C[C@H](O)C[C@H]1C(=O)[O-])C(=O)[O-])CCCC(C)CCCC(C)CCCC(C)C.[Na+].[Na+]. The molecule has 5 atom stereocenters. The predicted molar refractivity (Wildman–Crippen MR) is 149 cm³/mol. The predicted octanol–water partition coefficient (Wildman–Crippen LogP) is -2.87. The van der Waals surface area contributed by atoms with E-state index in [1.54, 1.807) is 0 Å². The van der Waals surface area contributed by atoms with Crippen molar-refractivity contribution in [2.24, 2.45) is 17.8 Å². The van der Waals surface area contributed by atoms with E-state index in [1.165, 1.54) is 62.3 Å². The summed E-state index contributed by atoms with van der Waals surface area (Å²) in [7, 11) is 0. The summed E-state index contributed by atoms with van der Waals surface area (Å²) in [5, 5.41) is 34.7. The number of nitrogens with zero attached hydrogens (tertiary/aromatic N) is 1. The van der Waals surface area contributed by atoms with Gasteiger partial charge in [-0.25, -0.2) is 4.79 Å². The van der Waals surface area contributed by atoms with Gasteiger partial charge in [0.1, 0.15) is 0 Å². The largest absolute Gasteiger partial charge is 1.00 e. The van der Waals surface area contributed by atoms with E-state index in [0.717, 1.165) is 35.5 Å². The minimum atomic E-state index is -1.48. The molecule has 0 aromatic rings. The summed E-state index contributed by atoms with van der Waals surface area (Å²) in [5.74, 6) is 0.135. The molecule has 1 saturated heterocycles. The molecule has 40 heavy (non-hydrogen) atoms. The molecule has 0 radical (unpaired) electrons. The number of rotatable bonds is 19. The van der Waals surface area contributed by atoms with Crippen molar-refractivity contribution in [1.82, 2.24) is 10.2 Å². The minimum absolute atomic E-state index is 0. The number of carboxylic acid groups (broad SMARTS) is 2. The summed E-state index contributed by atoms with van der Waals surface area (Å²) in [4.78, 5) is 36.0. The number of aliphatic hydroxyl groups excluding tert-OH is 1. The fourth-order valence-electron chi connectivity index (χ4n) is 4.86. The third kappa shape index (κ3) is 18.7. The van der Waals surface area contributed by atoms with Gasteiger partial charge in [0.2, 0.25) is 0 Å². The van der Waals surface area contributed by atoms with Crippen molar-refractivity contribution in [2.75, 3.05) is 18.1 Å². The Kier molecular flexibility index (Phi) is 25.1. The molecule has 1 fully saturated rings. The van der Waals surface area contributed by atoms with E-state index in [2.05, 4.69) is 46.0 Å². The average molecular weight is 601 g/mol. The van der Waals surface area contributed by atoms with E-state index in [4.69, 9.17) is 0 Å². The molecule has 11 heteroatoms. The number of aliphatic hydroxyl groups is 1.